The molecule has 0 unspecified atom stereocenters. The lowest BCUT2D eigenvalue weighted by Gasteiger charge is -2.37. The van der Waals surface area contributed by atoms with Gasteiger partial charge < -0.3 is 25.0 Å². The number of aromatic nitrogens is 3. The van der Waals surface area contributed by atoms with E-state index in [1.807, 2.05) is 0 Å². The summed E-state index contributed by atoms with van der Waals surface area (Å²) in [7, 11) is -3.75. The number of nitrogens with one attached hydrogen (secondary N) is 2. The first-order chi connectivity index (χ1) is 19.0. The third kappa shape index (κ3) is 6.58. The largest absolute Gasteiger partial charge is 0.471 e. The van der Waals surface area contributed by atoms with Crippen LogP contribution in [-0.4, -0.2) is 91.3 Å². The second-order valence-electron chi connectivity index (χ2n) is 10.6. The summed E-state index contributed by atoms with van der Waals surface area (Å²) in [5.41, 5.74) is -1.05. The van der Waals surface area contributed by atoms with E-state index in [2.05, 4.69) is 44.3 Å². The number of piperazine rings is 1. The van der Waals surface area contributed by atoms with Gasteiger partial charge in [-0.05, 0) is 38.8 Å². The second kappa shape index (κ2) is 11.6. The minimum atomic E-state index is -4.66. The highest BCUT2D eigenvalue weighted by Crippen LogP contribution is 2.36. The highest BCUT2D eigenvalue weighted by molar-refractivity contribution is 7.89. The Morgan fingerprint density at radius 3 is 2.40 bits per heavy atom. The number of halogens is 3. The molecular weight excluding hydrogens is 551 g/mol. The van der Waals surface area contributed by atoms with Crippen molar-refractivity contribution in [1.29, 1.82) is 0 Å². The maximum atomic E-state index is 13.5. The Balaban J connectivity index is 1.20. The highest BCUT2D eigenvalue weighted by atomic mass is 32.2. The smallest absolute Gasteiger partial charge is 0.423 e. The van der Waals surface area contributed by atoms with Crippen molar-refractivity contribution in [1.82, 2.24) is 24.6 Å². The van der Waals surface area contributed by atoms with Crippen LogP contribution in [0.15, 0.2) is 29.4 Å². The minimum absolute atomic E-state index is 0.000407. The summed E-state index contributed by atoms with van der Waals surface area (Å²) in [6.07, 6.45) is -1.73. The Labute approximate surface area is 231 Å². The molecule has 0 spiro atoms. The Morgan fingerprint density at radius 1 is 1.07 bits per heavy atom. The number of nitrogens with zero attached hydrogens (tertiary/aromatic N) is 5. The number of sulfonamides is 1. The number of pyridine rings is 1. The number of rotatable bonds is 7. The average Bonchev–Trinajstić information content (AvgIpc) is 3.41. The molecule has 3 fully saturated rings. The van der Waals surface area contributed by atoms with Gasteiger partial charge >= 0.3 is 6.18 Å². The Morgan fingerprint density at radius 2 is 1.80 bits per heavy atom. The van der Waals surface area contributed by atoms with E-state index in [0.717, 1.165) is 18.9 Å². The molecule has 40 heavy (non-hydrogen) atoms. The van der Waals surface area contributed by atoms with Gasteiger partial charge in [0.15, 0.2) is 0 Å². The zero-order valence-electron chi connectivity index (χ0n) is 22.4. The molecule has 0 amide bonds. The van der Waals surface area contributed by atoms with Crippen LogP contribution in [0.2, 0.25) is 0 Å². The van der Waals surface area contributed by atoms with Crippen molar-refractivity contribution in [2.45, 2.75) is 68.4 Å². The molecule has 0 saturated carbocycles. The molecule has 3 saturated heterocycles. The second-order valence-corrected chi connectivity index (χ2v) is 12.5. The van der Waals surface area contributed by atoms with Crippen LogP contribution in [0.5, 0.6) is 5.88 Å². The third-order valence-electron chi connectivity index (χ3n) is 7.25. The fraction of sp³-hybridized carbons (Fsp3) is 0.640. The summed E-state index contributed by atoms with van der Waals surface area (Å²) < 4.78 is 79.0. The summed E-state index contributed by atoms with van der Waals surface area (Å²) >= 11 is 0. The van der Waals surface area contributed by atoms with E-state index in [-0.39, 0.29) is 36.6 Å². The number of piperidine rings is 1. The van der Waals surface area contributed by atoms with Crippen LogP contribution >= 0.6 is 0 Å². The number of alkyl halides is 3. The molecule has 15 heteroatoms. The number of ether oxygens (including phenoxy) is 2. The minimum Gasteiger partial charge on any atom is -0.471 e. The lowest BCUT2D eigenvalue weighted by Crippen LogP contribution is -2.54. The summed E-state index contributed by atoms with van der Waals surface area (Å²) in [5, 5.41) is 6.50. The van der Waals surface area contributed by atoms with Crippen molar-refractivity contribution in [2.24, 2.45) is 0 Å². The molecule has 0 radical (unpaired) electrons. The van der Waals surface area contributed by atoms with Gasteiger partial charge in [0.05, 0.1) is 13.2 Å². The van der Waals surface area contributed by atoms with Crippen LogP contribution in [0.1, 0.15) is 38.7 Å². The number of anilines is 2. The Kier molecular flexibility index (Phi) is 8.36. The molecule has 11 nitrogen and oxygen atoms in total. The average molecular weight is 586 g/mol. The molecule has 5 heterocycles. The zero-order chi connectivity index (χ0) is 28.5. The first kappa shape index (κ1) is 28.8. The van der Waals surface area contributed by atoms with Crippen molar-refractivity contribution in [3.05, 3.63) is 30.1 Å². The molecule has 3 aliphatic rings. The molecule has 220 valence electrons. The lowest BCUT2D eigenvalue weighted by molar-refractivity contribution is -0.139. The molecule has 2 N–H and O–H groups in total. The zero-order valence-corrected chi connectivity index (χ0v) is 23.2. The third-order valence-corrected chi connectivity index (χ3v) is 9.13. The first-order valence-electron chi connectivity index (χ1n) is 13.4. The number of hydrogen-bond donors (Lipinski definition) is 2. The Hall–Kier alpha value is -2.75. The normalized spacial score (nSPS) is 25.2. The van der Waals surface area contributed by atoms with Crippen molar-refractivity contribution in [3.8, 4) is 5.88 Å². The maximum absolute atomic E-state index is 13.5. The SMILES string of the molecule is C[C@@H]1CN(c2ccc(S(=O)(=O)N3CCC(Nc4ncc(C(F)(F)F)c(O[C@H]5CCOC5)n4)CC3)cn2)C[C@H](C)N1. The number of hydrogen-bond acceptors (Lipinski definition) is 10. The topological polar surface area (TPSA) is 122 Å². The highest BCUT2D eigenvalue weighted by Gasteiger charge is 2.38. The molecule has 0 aromatic carbocycles. The summed E-state index contributed by atoms with van der Waals surface area (Å²) in [6.45, 7) is 6.85. The van der Waals surface area contributed by atoms with E-state index in [4.69, 9.17) is 9.47 Å². The van der Waals surface area contributed by atoms with Crippen LogP contribution in [0.3, 0.4) is 0 Å². The molecular formula is C25H34F3N7O4S. The van der Waals surface area contributed by atoms with E-state index in [1.54, 1.807) is 12.1 Å². The van der Waals surface area contributed by atoms with Crippen LogP contribution in [0.4, 0.5) is 24.9 Å². The van der Waals surface area contributed by atoms with Gasteiger partial charge in [-0.15, -0.1) is 0 Å². The molecule has 3 aliphatic heterocycles. The van der Waals surface area contributed by atoms with E-state index in [1.165, 1.54) is 10.5 Å². The fourth-order valence-electron chi connectivity index (χ4n) is 5.28. The fourth-order valence-corrected chi connectivity index (χ4v) is 6.70. The van der Waals surface area contributed by atoms with Crippen molar-refractivity contribution >= 4 is 21.8 Å². The molecule has 2 aromatic rings. The van der Waals surface area contributed by atoms with Crippen LogP contribution < -0.4 is 20.3 Å². The summed E-state index contributed by atoms with van der Waals surface area (Å²) in [5.74, 6) is 0.197. The van der Waals surface area contributed by atoms with Gasteiger partial charge in [0, 0.05) is 63.1 Å². The van der Waals surface area contributed by atoms with Gasteiger partial charge in [0.2, 0.25) is 21.9 Å². The van der Waals surface area contributed by atoms with Gasteiger partial charge in [-0.2, -0.15) is 22.5 Å². The van der Waals surface area contributed by atoms with Crippen molar-refractivity contribution in [3.63, 3.8) is 0 Å². The standard InChI is InChI=1S/C25H34F3N7O4S/c1-16-13-34(14-17(2)31-16)22-4-3-20(11-29-22)40(36,37)35-8-5-18(6-9-35)32-24-30-12-21(25(26,27)28)23(33-24)39-19-7-10-38-15-19/h3-4,11-12,16-19,31H,5-10,13-15H2,1-2H3,(H,30,32,33)/t16-,17+,19-/m0/s1. The van der Waals surface area contributed by atoms with Gasteiger partial charge in [-0.25, -0.2) is 18.4 Å². The molecule has 0 aliphatic carbocycles. The van der Waals surface area contributed by atoms with Gasteiger partial charge in [-0.1, -0.05) is 0 Å². The summed E-state index contributed by atoms with van der Waals surface area (Å²) in [4.78, 5) is 14.5. The van der Waals surface area contributed by atoms with Crippen LogP contribution in [0.25, 0.3) is 0 Å². The van der Waals surface area contributed by atoms with E-state index in [0.29, 0.717) is 44.1 Å². The summed E-state index contributed by atoms with van der Waals surface area (Å²) in [6, 6.07) is 3.72. The van der Waals surface area contributed by atoms with Gasteiger partial charge in [0.25, 0.3) is 0 Å². The molecule has 0 bridgehead atoms. The van der Waals surface area contributed by atoms with E-state index >= 15 is 0 Å². The van der Waals surface area contributed by atoms with Crippen LogP contribution in [-0.2, 0) is 20.9 Å². The monoisotopic (exact) mass is 585 g/mol. The predicted molar refractivity (Wildman–Crippen MR) is 141 cm³/mol. The molecule has 2 aromatic heterocycles. The van der Waals surface area contributed by atoms with Gasteiger partial charge in [0.1, 0.15) is 22.4 Å². The van der Waals surface area contributed by atoms with Gasteiger partial charge in [-0.3, -0.25) is 0 Å². The lowest BCUT2D eigenvalue weighted by atomic mass is 10.1. The van der Waals surface area contributed by atoms with Crippen molar-refractivity contribution in [2.75, 3.05) is 49.6 Å². The van der Waals surface area contributed by atoms with Crippen LogP contribution in [0, 0.1) is 0 Å². The quantitative estimate of drug-likeness (QED) is 0.501. The Bertz CT molecular complexity index is 1260. The first-order valence-corrected chi connectivity index (χ1v) is 14.9. The van der Waals surface area contributed by atoms with Crippen molar-refractivity contribution < 1.29 is 31.1 Å². The molecule has 3 atom stereocenters. The predicted octanol–water partition coefficient (Wildman–Crippen LogP) is 2.51. The van der Waals surface area contributed by atoms with E-state index in [9.17, 15) is 21.6 Å². The van der Waals surface area contributed by atoms with E-state index < -0.39 is 33.7 Å². The molecule has 5 rings (SSSR count). The maximum Gasteiger partial charge on any atom is 0.423 e.